The van der Waals surface area contributed by atoms with Crippen molar-refractivity contribution in [2.45, 2.75) is 57.5 Å². The van der Waals surface area contributed by atoms with Gasteiger partial charge in [-0.2, -0.15) is 0 Å². The minimum Gasteiger partial charge on any atom is -0.388 e. The zero-order valence-electron chi connectivity index (χ0n) is 13.0. The number of hydrogen-bond donors (Lipinski definition) is 2. The number of nitrogens with zero attached hydrogens (tertiary/aromatic N) is 1. The number of aliphatic hydroxyl groups is 1. The molecule has 0 spiro atoms. The largest absolute Gasteiger partial charge is 0.388 e. The van der Waals surface area contributed by atoms with Gasteiger partial charge < -0.3 is 15.3 Å². The lowest BCUT2D eigenvalue weighted by atomic mass is 9.85. The molecule has 0 bridgehead atoms. The molecule has 1 aliphatic heterocycles. The third-order valence-corrected chi connectivity index (χ3v) is 5.13. The van der Waals surface area contributed by atoms with E-state index in [0.29, 0.717) is 24.8 Å². The Bertz CT molecular complexity index is 320. The minimum atomic E-state index is -0.625. The van der Waals surface area contributed by atoms with Gasteiger partial charge in [-0.05, 0) is 50.6 Å². The highest BCUT2D eigenvalue weighted by atomic mass is 16.3. The predicted octanol–water partition coefficient (Wildman–Crippen LogP) is 1.78. The van der Waals surface area contributed by atoms with Crippen LogP contribution in [-0.4, -0.2) is 48.2 Å². The second-order valence-corrected chi connectivity index (χ2v) is 6.97. The molecule has 1 saturated heterocycles. The average molecular weight is 282 g/mol. The Morgan fingerprint density at radius 1 is 1.40 bits per heavy atom. The van der Waals surface area contributed by atoms with Gasteiger partial charge in [0.1, 0.15) is 0 Å². The number of carbonyl (C=O) groups is 1. The summed E-state index contributed by atoms with van der Waals surface area (Å²) in [6.07, 6.45) is 6.91. The second-order valence-electron chi connectivity index (χ2n) is 6.97. The molecule has 0 aromatic carbocycles. The minimum absolute atomic E-state index is 0.184. The molecule has 2 unspecified atom stereocenters. The maximum Gasteiger partial charge on any atom is 0.222 e. The van der Waals surface area contributed by atoms with Crippen LogP contribution in [-0.2, 0) is 4.79 Å². The first kappa shape index (κ1) is 15.8. The van der Waals surface area contributed by atoms with E-state index >= 15 is 0 Å². The summed E-state index contributed by atoms with van der Waals surface area (Å²) in [4.78, 5) is 14.1. The van der Waals surface area contributed by atoms with Crippen LogP contribution in [0.4, 0.5) is 0 Å². The fourth-order valence-corrected chi connectivity index (χ4v) is 3.68. The first-order valence-electron chi connectivity index (χ1n) is 8.17. The van der Waals surface area contributed by atoms with Crippen LogP contribution < -0.4 is 5.32 Å². The highest BCUT2D eigenvalue weighted by molar-refractivity contribution is 5.76. The van der Waals surface area contributed by atoms with E-state index in [4.69, 9.17) is 0 Å². The predicted molar refractivity (Wildman–Crippen MR) is 80.4 cm³/mol. The van der Waals surface area contributed by atoms with Crippen LogP contribution in [0.1, 0.15) is 51.9 Å². The fourth-order valence-electron chi connectivity index (χ4n) is 3.68. The summed E-state index contributed by atoms with van der Waals surface area (Å²) in [7, 11) is 1.84. The van der Waals surface area contributed by atoms with Crippen molar-refractivity contribution in [3.05, 3.63) is 0 Å². The summed E-state index contributed by atoms with van der Waals surface area (Å²) in [6.45, 7) is 4.85. The Balaban J connectivity index is 1.77. The third-order valence-electron chi connectivity index (χ3n) is 5.13. The Labute approximate surface area is 122 Å². The molecular weight excluding hydrogens is 252 g/mol. The Morgan fingerprint density at radius 3 is 2.70 bits per heavy atom. The maximum atomic E-state index is 12.3. The molecule has 116 valence electrons. The van der Waals surface area contributed by atoms with Crippen LogP contribution in [0.2, 0.25) is 0 Å². The second kappa shape index (κ2) is 6.90. The van der Waals surface area contributed by atoms with Crippen LogP contribution in [0.25, 0.3) is 0 Å². The van der Waals surface area contributed by atoms with E-state index < -0.39 is 5.60 Å². The molecule has 0 aromatic heterocycles. The quantitative estimate of drug-likeness (QED) is 0.808. The number of hydrogen-bond acceptors (Lipinski definition) is 3. The number of amides is 1. The fraction of sp³-hybridized carbons (Fsp3) is 0.938. The molecule has 2 N–H and O–H groups in total. The smallest absolute Gasteiger partial charge is 0.222 e. The van der Waals surface area contributed by atoms with E-state index in [1.54, 1.807) is 4.90 Å². The summed E-state index contributed by atoms with van der Waals surface area (Å²) in [5.41, 5.74) is -0.625. The average Bonchev–Trinajstić information content (AvgIpc) is 2.86. The normalized spacial score (nSPS) is 27.2. The monoisotopic (exact) mass is 282 g/mol. The van der Waals surface area contributed by atoms with Crippen LogP contribution in [0.15, 0.2) is 0 Å². The maximum absolute atomic E-state index is 12.3. The van der Waals surface area contributed by atoms with E-state index in [0.717, 1.165) is 38.8 Å². The van der Waals surface area contributed by atoms with Gasteiger partial charge in [-0.25, -0.2) is 0 Å². The lowest BCUT2D eigenvalue weighted by Crippen LogP contribution is -2.43. The standard InChI is InChI=1S/C16H30N2O2/c1-13(14-6-5-9-17-11-14)10-15(19)18(2)12-16(20)7-3-4-8-16/h13-14,17,20H,3-12H2,1-2H3. The highest BCUT2D eigenvalue weighted by Crippen LogP contribution is 2.30. The van der Waals surface area contributed by atoms with Crippen molar-refractivity contribution in [1.29, 1.82) is 0 Å². The van der Waals surface area contributed by atoms with Crippen molar-refractivity contribution in [3.8, 4) is 0 Å². The molecule has 1 saturated carbocycles. The lowest BCUT2D eigenvalue weighted by molar-refractivity contribution is -0.134. The number of piperidine rings is 1. The molecule has 2 atom stereocenters. The van der Waals surface area contributed by atoms with Crippen molar-refractivity contribution in [2.24, 2.45) is 11.8 Å². The summed E-state index contributed by atoms with van der Waals surface area (Å²) < 4.78 is 0. The first-order valence-corrected chi connectivity index (χ1v) is 8.17. The van der Waals surface area contributed by atoms with Crippen molar-refractivity contribution in [3.63, 3.8) is 0 Å². The van der Waals surface area contributed by atoms with Gasteiger partial charge in [0.15, 0.2) is 0 Å². The molecule has 0 aromatic rings. The molecule has 0 radical (unpaired) electrons. The van der Waals surface area contributed by atoms with Crippen molar-refractivity contribution in [1.82, 2.24) is 10.2 Å². The van der Waals surface area contributed by atoms with Crippen LogP contribution in [0, 0.1) is 11.8 Å². The Kier molecular flexibility index (Phi) is 5.44. The van der Waals surface area contributed by atoms with E-state index in [1.165, 1.54) is 12.8 Å². The molecule has 2 fully saturated rings. The van der Waals surface area contributed by atoms with Gasteiger partial charge in [0.25, 0.3) is 0 Å². The van der Waals surface area contributed by atoms with E-state index in [-0.39, 0.29) is 5.91 Å². The molecule has 1 aliphatic carbocycles. The van der Waals surface area contributed by atoms with Gasteiger partial charge in [-0.3, -0.25) is 4.79 Å². The summed E-state index contributed by atoms with van der Waals surface area (Å²) in [5.74, 6) is 1.23. The zero-order chi connectivity index (χ0) is 14.6. The molecule has 4 nitrogen and oxygen atoms in total. The number of nitrogens with one attached hydrogen (secondary N) is 1. The number of rotatable bonds is 5. The van der Waals surface area contributed by atoms with Gasteiger partial charge in [0, 0.05) is 20.0 Å². The lowest BCUT2D eigenvalue weighted by Gasteiger charge is -2.32. The Morgan fingerprint density at radius 2 is 2.10 bits per heavy atom. The van der Waals surface area contributed by atoms with Crippen molar-refractivity contribution in [2.75, 3.05) is 26.7 Å². The van der Waals surface area contributed by atoms with Gasteiger partial charge in [-0.15, -0.1) is 0 Å². The van der Waals surface area contributed by atoms with Crippen molar-refractivity contribution >= 4 is 5.91 Å². The molecular formula is C16H30N2O2. The molecule has 20 heavy (non-hydrogen) atoms. The van der Waals surface area contributed by atoms with Gasteiger partial charge >= 0.3 is 0 Å². The Hall–Kier alpha value is -0.610. The van der Waals surface area contributed by atoms with E-state index in [1.807, 2.05) is 7.05 Å². The molecule has 2 rings (SSSR count). The topological polar surface area (TPSA) is 52.6 Å². The summed E-state index contributed by atoms with van der Waals surface area (Å²) >= 11 is 0. The van der Waals surface area contributed by atoms with Crippen LogP contribution in [0.5, 0.6) is 0 Å². The third kappa shape index (κ3) is 4.19. The summed E-state index contributed by atoms with van der Waals surface area (Å²) in [5, 5.41) is 13.8. The summed E-state index contributed by atoms with van der Waals surface area (Å²) in [6, 6.07) is 0. The zero-order valence-corrected chi connectivity index (χ0v) is 13.0. The highest BCUT2D eigenvalue weighted by Gasteiger charge is 2.34. The molecule has 1 heterocycles. The van der Waals surface area contributed by atoms with E-state index in [2.05, 4.69) is 12.2 Å². The van der Waals surface area contributed by atoms with Crippen LogP contribution >= 0.6 is 0 Å². The van der Waals surface area contributed by atoms with Crippen molar-refractivity contribution < 1.29 is 9.90 Å². The molecule has 2 aliphatic rings. The first-order chi connectivity index (χ1) is 9.50. The van der Waals surface area contributed by atoms with Gasteiger partial charge in [-0.1, -0.05) is 19.8 Å². The van der Waals surface area contributed by atoms with Gasteiger partial charge in [0.2, 0.25) is 5.91 Å². The van der Waals surface area contributed by atoms with Crippen LogP contribution in [0.3, 0.4) is 0 Å². The molecule has 4 heteroatoms. The SMILES string of the molecule is CC(CC(=O)N(C)CC1(O)CCCC1)C1CCCNC1. The van der Waals surface area contributed by atoms with Gasteiger partial charge in [0.05, 0.1) is 5.60 Å². The number of carbonyl (C=O) groups excluding carboxylic acids is 1. The molecule has 1 amide bonds. The van der Waals surface area contributed by atoms with E-state index in [9.17, 15) is 9.90 Å². The number of likely N-dealkylation sites (N-methyl/N-ethyl adjacent to an activating group) is 1.